The Labute approximate surface area is 114 Å². The first-order valence-electron chi connectivity index (χ1n) is 6.09. The van der Waals surface area contributed by atoms with Gasteiger partial charge in [0.25, 0.3) is 5.91 Å². The number of nitrogens with zero attached hydrogens (tertiary/aromatic N) is 4. The van der Waals surface area contributed by atoms with Gasteiger partial charge in [-0.2, -0.15) is 10.2 Å². The molecule has 0 radical (unpaired) electrons. The molecule has 0 saturated heterocycles. The maximum Gasteiger partial charge on any atom is 0.271 e. The third kappa shape index (κ3) is 1.89. The number of amides is 1. The molecule has 0 aliphatic heterocycles. The van der Waals surface area contributed by atoms with Crippen LogP contribution in [0.3, 0.4) is 0 Å². The molecule has 0 saturated carbocycles. The summed E-state index contributed by atoms with van der Waals surface area (Å²) in [5, 5.41) is 9.60. The smallest absolute Gasteiger partial charge is 0.271 e. The lowest BCUT2D eigenvalue weighted by Crippen LogP contribution is -2.14. The molecule has 0 atom stereocenters. The predicted octanol–water partition coefficient (Wildman–Crippen LogP) is 0.499. The number of benzene rings is 1. The van der Waals surface area contributed by atoms with Gasteiger partial charge >= 0.3 is 0 Å². The third-order valence-electron chi connectivity index (χ3n) is 3.17. The van der Waals surface area contributed by atoms with Crippen LogP contribution in [0.25, 0.3) is 10.9 Å². The number of para-hydroxylation sites is 1. The molecule has 0 bridgehead atoms. The van der Waals surface area contributed by atoms with Crippen molar-refractivity contribution in [3.05, 3.63) is 41.9 Å². The number of carbonyl (C=O) groups excluding carboxylic acids is 1. The highest BCUT2D eigenvalue weighted by Gasteiger charge is 2.14. The van der Waals surface area contributed by atoms with Crippen LogP contribution in [0.1, 0.15) is 16.2 Å². The minimum atomic E-state index is -0.632. The Morgan fingerprint density at radius 1 is 1.30 bits per heavy atom. The molecule has 4 N–H and O–H groups in total. The lowest BCUT2D eigenvalue weighted by Gasteiger charge is -1.98. The average Bonchev–Trinajstić information content (AvgIpc) is 2.92. The second kappa shape index (κ2) is 4.37. The largest absolute Gasteiger partial charge is 0.396 e. The van der Waals surface area contributed by atoms with E-state index in [4.69, 9.17) is 11.5 Å². The summed E-state index contributed by atoms with van der Waals surface area (Å²) < 4.78 is 3.39. The minimum Gasteiger partial charge on any atom is -0.396 e. The number of aromatic nitrogens is 4. The van der Waals surface area contributed by atoms with E-state index in [0.717, 1.165) is 16.6 Å². The van der Waals surface area contributed by atoms with Crippen molar-refractivity contribution in [2.24, 2.45) is 12.8 Å². The minimum absolute atomic E-state index is 0.0882. The van der Waals surface area contributed by atoms with Crippen molar-refractivity contribution < 1.29 is 4.79 Å². The Morgan fingerprint density at radius 2 is 2.05 bits per heavy atom. The summed E-state index contributed by atoms with van der Waals surface area (Å²) in [4.78, 5) is 11.2. The van der Waals surface area contributed by atoms with Crippen molar-refractivity contribution in [1.82, 2.24) is 19.6 Å². The monoisotopic (exact) mass is 270 g/mol. The SMILES string of the molecule is Cn1nc(Cn2cc(N)c(C(N)=O)n2)c2ccccc21. The second-order valence-electron chi connectivity index (χ2n) is 4.58. The number of anilines is 1. The third-order valence-corrected chi connectivity index (χ3v) is 3.17. The van der Waals surface area contributed by atoms with E-state index in [1.165, 1.54) is 0 Å². The van der Waals surface area contributed by atoms with Gasteiger partial charge in [-0.3, -0.25) is 14.2 Å². The van der Waals surface area contributed by atoms with E-state index in [-0.39, 0.29) is 11.4 Å². The van der Waals surface area contributed by atoms with Crippen molar-refractivity contribution in [2.45, 2.75) is 6.54 Å². The van der Waals surface area contributed by atoms with Crippen LogP contribution < -0.4 is 11.5 Å². The van der Waals surface area contributed by atoms with Crippen LogP contribution >= 0.6 is 0 Å². The number of carbonyl (C=O) groups is 1. The van der Waals surface area contributed by atoms with Gasteiger partial charge in [-0.25, -0.2) is 0 Å². The highest BCUT2D eigenvalue weighted by Crippen LogP contribution is 2.19. The molecule has 20 heavy (non-hydrogen) atoms. The first kappa shape index (κ1) is 12.2. The van der Waals surface area contributed by atoms with Gasteiger partial charge in [0.2, 0.25) is 0 Å². The summed E-state index contributed by atoms with van der Waals surface area (Å²) in [6, 6.07) is 7.92. The highest BCUT2D eigenvalue weighted by atomic mass is 16.1. The fraction of sp³-hybridized carbons (Fsp3) is 0.154. The van der Waals surface area contributed by atoms with Gasteiger partial charge in [-0.05, 0) is 6.07 Å². The van der Waals surface area contributed by atoms with Crippen LogP contribution in [-0.4, -0.2) is 25.5 Å². The standard InChI is InChI=1S/C13H14N6O/c1-18-11-5-3-2-4-8(11)10(16-18)7-19-6-9(14)12(17-19)13(15)20/h2-6H,7,14H2,1H3,(H2,15,20). The molecule has 102 valence electrons. The summed E-state index contributed by atoms with van der Waals surface area (Å²) >= 11 is 0. The molecular weight excluding hydrogens is 256 g/mol. The van der Waals surface area contributed by atoms with Gasteiger partial charge in [0, 0.05) is 18.6 Å². The molecular formula is C13H14N6O. The summed E-state index contributed by atoms with van der Waals surface area (Å²) in [6.07, 6.45) is 1.59. The Hall–Kier alpha value is -2.83. The number of primary amides is 1. The van der Waals surface area contributed by atoms with Gasteiger partial charge in [-0.15, -0.1) is 0 Å². The van der Waals surface area contributed by atoms with E-state index in [1.807, 2.05) is 36.0 Å². The van der Waals surface area contributed by atoms with Crippen LogP contribution in [0, 0.1) is 0 Å². The van der Waals surface area contributed by atoms with Crippen LogP contribution in [0.2, 0.25) is 0 Å². The van der Waals surface area contributed by atoms with E-state index in [2.05, 4.69) is 10.2 Å². The number of fused-ring (bicyclic) bond motifs is 1. The Kier molecular flexibility index (Phi) is 2.67. The average molecular weight is 270 g/mol. The summed E-state index contributed by atoms with van der Waals surface area (Å²) in [5.74, 6) is -0.632. The zero-order chi connectivity index (χ0) is 14.3. The van der Waals surface area contributed by atoms with E-state index in [9.17, 15) is 4.79 Å². The molecule has 0 spiro atoms. The quantitative estimate of drug-likeness (QED) is 0.723. The van der Waals surface area contributed by atoms with Crippen molar-refractivity contribution in [3.63, 3.8) is 0 Å². The van der Waals surface area contributed by atoms with Crippen molar-refractivity contribution in [2.75, 3.05) is 5.73 Å². The normalized spacial score (nSPS) is 11.1. The van der Waals surface area contributed by atoms with E-state index >= 15 is 0 Å². The molecule has 3 rings (SSSR count). The van der Waals surface area contributed by atoms with Crippen LogP contribution in [0.15, 0.2) is 30.5 Å². The predicted molar refractivity (Wildman–Crippen MR) is 75.0 cm³/mol. The summed E-state index contributed by atoms with van der Waals surface area (Å²) in [5.41, 5.74) is 13.2. The van der Waals surface area contributed by atoms with Gasteiger partial charge < -0.3 is 11.5 Å². The number of hydrogen-bond acceptors (Lipinski definition) is 4. The molecule has 2 aromatic heterocycles. The lowest BCUT2D eigenvalue weighted by molar-refractivity contribution is 0.0995. The number of aryl methyl sites for hydroxylation is 1. The zero-order valence-electron chi connectivity index (χ0n) is 10.9. The maximum atomic E-state index is 11.2. The Balaban J connectivity index is 2.01. The molecule has 7 nitrogen and oxygen atoms in total. The van der Waals surface area contributed by atoms with Crippen LogP contribution in [0.4, 0.5) is 5.69 Å². The number of rotatable bonds is 3. The molecule has 2 heterocycles. The van der Waals surface area contributed by atoms with E-state index in [0.29, 0.717) is 6.54 Å². The summed E-state index contributed by atoms with van der Waals surface area (Å²) in [6.45, 7) is 0.429. The van der Waals surface area contributed by atoms with Gasteiger partial charge in [0.1, 0.15) is 0 Å². The van der Waals surface area contributed by atoms with E-state index < -0.39 is 5.91 Å². The molecule has 1 amide bonds. The topological polar surface area (TPSA) is 105 Å². The second-order valence-corrected chi connectivity index (χ2v) is 4.58. The molecule has 7 heteroatoms. The first-order valence-corrected chi connectivity index (χ1v) is 6.09. The molecule has 1 aromatic carbocycles. The first-order chi connectivity index (χ1) is 9.56. The summed E-state index contributed by atoms with van der Waals surface area (Å²) in [7, 11) is 1.89. The molecule has 0 aliphatic rings. The molecule has 0 aliphatic carbocycles. The highest BCUT2D eigenvalue weighted by molar-refractivity contribution is 5.95. The maximum absolute atomic E-state index is 11.2. The van der Waals surface area contributed by atoms with Gasteiger partial charge in [0.15, 0.2) is 5.69 Å². The van der Waals surface area contributed by atoms with Crippen molar-refractivity contribution >= 4 is 22.5 Å². The van der Waals surface area contributed by atoms with Crippen molar-refractivity contribution in [1.29, 1.82) is 0 Å². The molecule has 0 fully saturated rings. The lowest BCUT2D eigenvalue weighted by atomic mass is 10.2. The number of hydrogen-bond donors (Lipinski definition) is 2. The van der Waals surface area contributed by atoms with Gasteiger partial charge in [-0.1, -0.05) is 18.2 Å². The molecule has 3 aromatic rings. The Morgan fingerprint density at radius 3 is 2.75 bits per heavy atom. The Bertz CT molecular complexity index is 800. The fourth-order valence-electron chi connectivity index (χ4n) is 2.27. The number of nitrogens with two attached hydrogens (primary N) is 2. The van der Waals surface area contributed by atoms with E-state index in [1.54, 1.807) is 10.9 Å². The van der Waals surface area contributed by atoms with Crippen LogP contribution in [-0.2, 0) is 13.6 Å². The zero-order valence-corrected chi connectivity index (χ0v) is 10.9. The van der Waals surface area contributed by atoms with Crippen LogP contribution in [0.5, 0.6) is 0 Å². The van der Waals surface area contributed by atoms with Crippen molar-refractivity contribution in [3.8, 4) is 0 Å². The molecule has 0 unspecified atom stereocenters. The fourth-order valence-corrected chi connectivity index (χ4v) is 2.27. The number of nitrogen functional groups attached to an aromatic ring is 1. The van der Waals surface area contributed by atoms with Gasteiger partial charge in [0.05, 0.1) is 23.4 Å².